The summed E-state index contributed by atoms with van der Waals surface area (Å²) in [6.07, 6.45) is 2.12. The summed E-state index contributed by atoms with van der Waals surface area (Å²) in [6, 6.07) is -0.359. The number of aliphatic carboxylic acids is 1. The van der Waals surface area contributed by atoms with Gasteiger partial charge in [0, 0.05) is 12.3 Å². The predicted molar refractivity (Wildman–Crippen MR) is 61.0 cm³/mol. The fourth-order valence-corrected chi connectivity index (χ4v) is 4.16. The van der Waals surface area contributed by atoms with Crippen LogP contribution >= 0.6 is 11.8 Å². The van der Waals surface area contributed by atoms with Crippen LogP contribution in [0.4, 0.5) is 0 Å². The zero-order chi connectivity index (χ0) is 10.9. The van der Waals surface area contributed by atoms with Gasteiger partial charge in [0.1, 0.15) is 6.04 Å². The van der Waals surface area contributed by atoms with Gasteiger partial charge in [0.25, 0.3) is 0 Å². The lowest BCUT2D eigenvalue weighted by atomic mass is 9.90. The van der Waals surface area contributed by atoms with Crippen molar-refractivity contribution in [2.45, 2.75) is 30.7 Å². The lowest BCUT2D eigenvalue weighted by molar-refractivity contribution is -0.139. The monoisotopic (exact) mass is 230 g/mol. The van der Waals surface area contributed by atoms with Crippen molar-refractivity contribution in [1.82, 2.24) is 10.6 Å². The van der Waals surface area contributed by atoms with Crippen LogP contribution in [-0.2, 0) is 4.79 Å². The Morgan fingerprint density at radius 2 is 2.47 bits per heavy atom. The van der Waals surface area contributed by atoms with Gasteiger partial charge >= 0.3 is 5.97 Å². The number of hydrogen-bond donors (Lipinski definition) is 3. The van der Waals surface area contributed by atoms with E-state index in [1.165, 1.54) is 0 Å². The molecule has 4 nitrogen and oxygen atoms in total. The molecule has 0 aliphatic carbocycles. The van der Waals surface area contributed by atoms with E-state index in [1.807, 2.05) is 0 Å². The third kappa shape index (κ3) is 2.00. The van der Waals surface area contributed by atoms with Crippen molar-refractivity contribution in [1.29, 1.82) is 0 Å². The van der Waals surface area contributed by atoms with Gasteiger partial charge in [-0.05, 0) is 25.3 Å². The Hall–Kier alpha value is -0.260. The smallest absolute Gasteiger partial charge is 0.321 e. The molecule has 0 aromatic heterocycles. The second-order valence-corrected chi connectivity index (χ2v) is 5.65. The number of rotatable bonds is 2. The van der Waals surface area contributed by atoms with E-state index in [4.69, 9.17) is 5.11 Å². The summed E-state index contributed by atoms with van der Waals surface area (Å²) >= 11 is 1.80. The van der Waals surface area contributed by atoms with Gasteiger partial charge in [-0.3, -0.25) is 10.1 Å². The summed E-state index contributed by atoms with van der Waals surface area (Å²) in [6.45, 7) is 4.17. The topological polar surface area (TPSA) is 61.4 Å². The van der Waals surface area contributed by atoms with Crippen LogP contribution in [-0.4, -0.2) is 40.8 Å². The first-order chi connectivity index (χ1) is 7.18. The molecule has 0 aromatic rings. The van der Waals surface area contributed by atoms with Crippen molar-refractivity contribution in [2.75, 3.05) is 18.8 Å². The molecule has 2 heterocycles. The maximum atomic E-state index is 10.9. The summed E-state index contributed by atoms with van der Waals surface area (Å²) in [5, 5.41) is 15.7. The van der Waals surface area contributed by atoms with E-state index in [-0.39, 0.29) is 10.9 Å². The Labute approximate surface area is 94.2 Å². The molecule has 2 fully saturated rings. The Kier molecular flexibility index (Phi) is 3.23. The molecule has 0 aromatic carbocycles. The molecule has 2 saturated heterocycles. The first kappa shape index (κ1) is 11.2. The van der Waals surface area contributed by atoms with E-state index in [0.717, 1.165) is 25.9 Å². The maximum absolute atomic E-state index is 10.9. The molecule has 15 heavy (non-hydrogen) atoms. The number of hydrogen-bond acceptors (Lipinski definition) is 4. The summed E-state index contributed by atoms with van der Waals surface area (Å²) in [7, 11) is 0. The van der Waals surface area contributed by atoms with Crippen LogP contribution in [0.3, 0.4) is 0 Å². The lowest BCUT2D eigenvalue weighted by Crippen LogP contribution is -2.56. The molecule has 1 spiro atoms. The van der Waals surface area contributed by atoms with Crippen LogP contribution in [0, 0.1) is 5.92 Å². The van der Waals surface area contributed by atoms with Crippen LogP contribution in [0.25, 0.3) is 0 Å². The zero-order valence-corrected chi connectivity index (χ0v) is 9.77. The molecule has 3 N–H and O–H groups in total. The minimum atomic E-state index is -0.715. The Balaban J connectivity index is 2.09. The van der Waals surface area contributed by atoms with Crippen molar-refractivity contribution in [3.63, 3.8) is 0 Å². The molecular weight excluding hydrogens is 212 g/mol. The van der Waals surface area contributed by atoms with E-state index in [9.17, 15) is 4.79 Å². The van der Waals surface area contributed by atoms with Crippen LogP contribution in [0.1, 0.15) is 19.8 Å². The predicted octanol–water partition coefficient (Wildman–Crippen LogP) is 0.492. The van der Waals surface area contributed by atoms with Gasteiger partial charge in [-0.25, -0.2) is 0 Å². The van der Waals surface area contributed by atoms with Gasteiger partial charge in [-0.1, -0.05) is 6.92 Å². The number of carboxylic acids is 1. The van der Waals surface area contributed by atoms with Gasteiger partial charge < -0.3 is 10.4 Å². The van der Waals surface area contributed by atoms with E-state index in [0.29, 0.717) is 11.7 Å². The van der Waals surface area contributed by atoms with Crippen LogP contribution in [0.2, 0.25) is 0 Å². The van der Waals surface area contributed by atoms with Crippen molar-refractivity contribution in [2.24, 2.45) is 5.92 Å². The van der Waals surface area contributed by atoms with E-state index in [1.54, 1.807) is 11.8 Å². The number of carboxylic acid groups (broad SMARTS) is 1. The fraction of sp³-hybridized carbons (Fsp3) is 0.900. The highest BCUT2D eigenvalue weighted by atomic mass is 32.2. The number of nitrogens with one attached hydrogen (secondary N) is 2. The molecule has 2 aliphatic rings. The highest BCUT2D eigenvalue weighted by molar-refractivity contribution is 8.01. The molecule has 0 amide bonds. The Bertz CT molecular complexity index is 262. The molecular formula is C10H18N2O2S. The van der Waals surface area contributed by atoms with Crippen LogP contribution in [0.15, 0.2) is 0 Å². The van der Waals surface area contributed by atoms with E-state index >= 15 is 0 Å². The average molecular weight is 230 g/mol. The standard InChI is InChI=1S/C10H18N2O2S/c1-2-7-5-11-4-3-10(7)12-8(6-15-10)9(13)14/h7-8,11-12H,2-6H2,1H3,(H,13,14)/t7?,8-,10?/m0/s1. The molecule has 2 aliphatic heterocycles. The first-order valence-electron chi connectivity index (χ1n) is 5.53. The molecule has 2 rings (SSSR count). The van der Waals surface area contributed by atoms with Gasteiger partial charge in [0.15, 0.2) is 0 Å². The molecule has 3 atom stereocenters. The fourth-order valence-electron chi connectivity index (χ4n) is 2.52. The highest BCUT2D eigenvalue weighted by Gasteiger charge is 2.47. The summed E-state index contributed by atoms with van der Waals surface area (Å²) < 4.78 is 0. The average Bonchev–Trinajstić information content (AvgIpc) is 2.64. The first-order valence-corrected chi connectivity index (χ1v) is 6.51. The largest absolute Gasteiger partial charge is 0.480 e. The van der Waals surface area contributed by atoms with Crippen molar-refractivity contribution < 1.29 is 9.90 Å². The van der Waals surface area contributed by atoms with Gasteiger partial charge in [-0.15, -0.1) is 11.8 Å². The summed E-state index contributed by atoms with van der Waals surface area (Å²) in [5.74, 6) is 0.527. The number of piperidine rings is 1. The van der Waals surface area contributed by atoms with Crippen molar-refractivity contribution in [3.05, 3.63) is 0 Å². The maximum Gasteiger partial charge on any atom is 0.321 e. The number of carbonyl (C=O) groups is 1. The van der Waals surface area contributed by atoms with Crippen molar-refractivity contribution in [3.8, 4) is 0 Å². The van der Waals surface area contributed by atoms with Crippen LogP contribution < -0.4 is 10.6 Å². The molecule has 86 valence electrons. The molecule has 5 heteroatoms. The third-order valence-corrected chi connectivity index (χ3v) is 5.11. The molecule has 2 unspecified atom stereocenters. The summed E-state index contributed by atoms with van der Waals surface area (Å²) in [4.78, 5) is 10.9. The lowest BCUT2D eigenvalue weighted by Gasteiger charge is -2.41. The SMILES string of the molecule is CCC1CNCCC12N[C@H](C(=O)O)CS2. The highest BCUT2D eigenvalue weighted by Crippen LogP contribution is 2.42. The molecule has 0 radical (unpaired) electrons. The quantitative estimate of drug-likeness (QED) is 0.644. The normalized spacial score (nSPS) is 40.9. The van der Waals surface area contributed by atoms with E-state index < -0.39 is 5.97 Å². The van der Waals surface area contributed by atoms with Gasteiger partial charge in [-0.2, -0.15) is 0 Å². The van der Waals surface area contributed by atoms with Crippen molar-refractivity contribution >= 4 is 17.7 Å². The minimum absolute atomic E-state index is 0.0169. The number of thioether (sulfide) groups is 1. The Morgan fingerprint density at radius 1 is 1.67 bits per heavy atom. The van der Waals surface area contributed by atoms with Gasteiger partial charge in [0.05, 0.1) is 4.87 Å². The van der Waals surface area contributed by atoms with Gasteiger partial charge in [0.2, 0.25) is 0 Å². The summed E-state index contributed by atoms with van der Waals surface area (Å²) in [5.41, 5.74) is 0. The third-order valence-electron chi connectivity index (χ3n) is 3.44. The van der Waals surface area contributed by atoms with E-state index in [2.05, 4.69) is 17.6 Å². The van der Waals surface area contributed by atoms with Crippen LogP contribution in [0.5, 0.6) is 0 Å². The molecule has 0 saturated carbocycles. The molecule has 0 bridgehead atoms. The Morgan fingerprint density at radius 3 is 3.07 bits per heavy atom. The minimum Gasteiger partial charge on any atom is -0.480 e. The zero-order valence-electron chi connectivity index (χ0n) is 8.95. The second-order valence-electron chi connectivity index (χ2n) is 4.29. The second kappa shape index (κ2) is 4.31.